The lowest BCUT2D eigenvalue weighted by atomic mass is 10.1. The number of hydrogen-bond acceptors (Lipinski definition) is 2. The van der Waals surface area contributed by atoms with Crippen molar-refractivity contribution in [2.75, 3.05) is 6.54 Å². The summed E-state index contributed by atoms with van der Waals surface area (Å²) in [4.78, 5) is 21.9. The standard InChI is InChI=1S/C8H7ClF3NO2/c9-7-5(3-14)1-2-6(15)13(7)4-8(10,11)12/h3H,1-2,4H2. The highest BCUT2D eigenvalue weighted by Crippen LogP contribution is 2.28. The molecule has 0 saturated heterocycles. The Hall–Kier alpha value is -1.04. The summed E-state index contributed by atoms with van der Waals surface area (Å²) < 4.78 is 36.2. The van der Waals surface area contributed by atoms with Crippen LogP contribution in [-0.4, -0.2) is 29.8 Å². The molecule has 0 N–H and O–H groups in total. The van der Waals surface area contributed by atoms with Crippen LogP contribution in [0.25, 0.3) is 0 Å². The summed E-state index contributed by atoms with van der Waals surface area (Å²) in [6, 6.07) is 0. The molecular formula is C8H7ClF3NO2. The molecule has 1 rings (SSSR count). The van der Waals surface area contributed by atoms with Crippen molar-refractivity contribution in [2.24, 2.45) is 0 Å². The minimum absolute atomic E-state index is 0.0283. The Kier molecular flexibility index (Phi) is 3.38. The lowest BCUT2D eigenvalue weighted by Crippen LogP contribution is -2.39. The number of allylic oxidation sites excluding steroid dienone is 1. The molecule has 0 unspecified atom stereocenters. The van der Waals surface area contributed by atoms with E-state index in [1.165, 1.54) is 0 Å². The maximum absolute atomic E-state index is 12.1. The molecule has 0 fully saturated rings. The molecule has 0 spiro atoms. The fourth-order valence-electron chi connectivity index (χ4n) is 1.21. The van der Waals surface area contributed by atoms with Gasteiger partial charge in [0.25, 0.3) is 0 Å². The van der Waals surface area contributed by atoms with Gasteiger partial charge in [-0.3, -0.25) is 14.5 Å². The Labute approximate surface area is 88.5 Å². The number of halogens is 4. The first-order chi connectivity index (χ1) is 6.85. The first-order valence-electron chi connectivity index (χ1n) is 4.06. The third-order valence-corrected chi connectivity index (χ3v) is 2.34. The van der Waals surface area contributed by atoms with Crippen LogP contribution in [0.1, 0.15) is 12.8 Å². The summed E-state index contributed by atoms with van der Waals surface area (Å²) in [5.74, 6) is -0.720. The molecule has 0 radical (unpaired) electrons. The van der Waals surface area contributed by atoms with Gasteiger partial charge in [0.05, 0.1) is 0 Å². The van der Waals surface area contributed by atoms with Crippen LogP contribution >= 0.6 is 11.6 Å². The number of hydrogen-bond donors (Lipinski definition) is 0. The summed E-state index contributed by atoms with van der Waals surface area (Å²) >= 11 is 5.50. The maximum Gasteiger partial charge on any atom is 0.406 e. The fourth-order valence-corrected chi connectivity index (χ4v) is 1.50. The predicted octanol–water partition coefficient (Wildman–Crippen LogP) is 1.82. The van der Waals surface area contributed by atoms with Crippen LogP contribution in [0.5, 0.6) is 0 Å². The van der Waals surface area contributed by atoms with Gasteiger partial charge < -0.3 is 0 Å². The molecule has 7 heteroatoms. The van der Waals surface area contributed by atoms with E-state index in [9.17, 15) is 22.8 Å². The molecule has 1 amide bonds. The van der Waals surface area contributed by atoms with Crippen molar-refractivity contribution in [2.45, 2.75) is 19.0 Å². The molecule has 0 saturated carbocycles. The molecule has 0 aliphatic carbocycles. The minimum Gasteiger partial charge on any atom is -0.298 e. The van der Waals surface area contributed by atoms with Crippen molar-refractivity contribution in [3.63, 3.8) is 0 Å². The van der Waals surface area contributed by atoms with Crippen molar-refractivity contribution >= 4 is 23.8 Å². The molecule has 0 aromatic rings. The number of amides is 1. The van der Waals surface area contributed by atoms with Gasteiger partial charge in [0, 0.05) is 12.0 Å². The van der Waals surface area contributed by atoms with E-state index in [1.807, 2.05) is 0 Å². The number of nitrogens with zero attached hydrogens (tertiary/aromatic N) is 1. The normalized spacial score (nSPS) is 18.4. The average molecular weight is 242 g/mol. The van der Waals surface area contributed by atoms with Gasteiger partial charge in [-0.25, -0.2) is 0 Å². The SMILES string of the molecule is O=CC1=C(Cl)N(CC(F)(F)F)C(=O)CC1. The van der Waals surface area contributed by atoms with Crippen LogP contribution in [-0.2, 0) is 9.59 Å². The Morgan fingerprint density at radius 1 is 1.40 bits per heavy atom. The second-order valence-corrected chi connectivity index (χ2v) is 3.39. The van der Waals surface area contributed by atoms with Crippen molar-refractivity contribution in [1.29, 1.82) is 0 Å². The Morgan fingerprint density at radius 3 is 2.47 bits per heavy atom. The van der Waals surface area contributed by atoms with Gasteiger partial charge in [-0.15, -0.1) is 0 Å². The highest BCUT2D eigenvalue weighted by Gasteiger charge is 2.36. The summed E-state index contributed by atoms with van der Waals surface area (Å²) in [6.45, 7) is -1.46. The van der Waals surface area contributed by atoms with Gasteiger partial charge >= 0.3 is 6.18 Å². The second kappa shape index (κ2) is 4.22. The number of carbonyl (C=O) groups excluding carboxylic acids is 2. The number of aldehydes is 1. The van der Waals surface area contributed by atoms with E-state index >= 15 is 0 Å². The quantitative estimate of drug-likeness (QED) is 0.546. The van der Waals surface area contributed by atoms with Gasteiger partial charge in [-0.1, -0.05) is 11.6 Å². The molecule has 0 atom stereocenters. The van der Waals surface area contributed by atoms with Gasteiger partial charge in [0.2, 0.25) is 5.91 Å². The van der Waals surface area contributed by atoms with Crippen molar-refractivity contribution < 1.29 is 22.8 Å². The van der Waals surface area contributed by atoms with Crippen LogP contribution in [0.2, 0.25) is 0 Å². The average Bonchev–Trinajstić information content (AvgIpc) is 2.11. The lowest BCUT2D eigenvalue weighted by Gasteiger charge is -2.27. The van der Waals surface area contributed by atoms with Gasteiger partial charge in [0.15, 0.2) is 0 Å². The molecule has 84 valence electrons. The minimum atomic E-state index is -4.53. The molecule has 1 aliphatic rings. The molecule has 3 nitrogen and oxygen atoms in total. The van der Waals surface area contributed by atoms with E-state index in [0.717, 1.165) is 0 Å². The zero-order valence-electron chi connectivity index (χ0n) is 7.47. The Balaban J connectivity index is 2.93. The van der Waals surface area contributed by atoms with Crippen LogP contribution in [0, 0.1) is 0 Å². The van der Waals surface area contributed by atoms with E-state index in [-0.39, 0.29) is 18.4 Å². The molecule has 1 heterocycles. The van der Waals surface area contributed by atoms with Crippen LogP contribution in [0.3, 0.4) is 0 Å². The van der Waals surface area contributed by atoms with Crippen LogP contribution in [0.15, 0.2) is 10.7 Å². The van der Waals surface area contributed by atoms with Gasteiger partial charge in [0.1, 0.15) is 18.0 Å². The predicted molar refractivity (Wildman–Crippen MR) is 45.9 cm³/mol. The molecule has 0 aromatic carbocycles. The summed E-state index contributed by atoms with van der Waals surface area (Å²) in [6.07, 6.45) is -4.19. The Bertz CT molecular complexity index is 324. The number of rotatable bonds is 2. The highest BCUT2D eigenvalue weighted by molar-refractivity contribution is 6.32. The third-order valence-electron chi connectivity index (χ3n) is 1.89. The fraction of sp³-hybridized carbons (Fsp3) is 0.500. The lowest BCUT2D eigenvalue weighted by molar-refractivity contribution is -0.157. The van der Waals surface area contributed by atoms with E-state index in [0.29, 0.717) is 11.2 Å². The van der Waals surface area contributed by atoms with Gasteiger partial charge in [-0.05, 0) is 6.42 Å². The monoisotopic (exact) mass is 241 g/mol. The zero-order valence-corrected chi connectivity index (χ0v) is 8.23. The topological polar surface area (TPSA) is 37.4 Å². The molecule has 0 aromatic heterocycles. The van der Waals surface area contributed by atoms with E-state index in [2.05, 4.69) is 0 Å². The third kappa shape index (κ3) is 2.95. The number of alkyl halides is 3. The van der Waals surface area contributed by atoms with Crippen molar-refractivity contribution in [1.82, 2.24) is 4.90 Å². The molecule has 0 bridgehead atoms. The molecule has 15 heavy (non-hydrogen) atoms. The summed E-state index contributed by atoms with van der Waals surface area (Å²) in [7, 11) is 0. The molecule has 1 aliphatic heterocycles. The largest absolute Gasteiger partial charge is 0.406 e. The number of carbonyl (C=O) groups is 2. The van der Waals surface area contributed by atoms with E-state index in [4.69, 9.17) is 11.6 Å². The highest BCUT2D eigenvalue weighted by atomic mass is 35.5. The summed E-state index contributed by atoms with van der Waals surface area (Å²) in [5, 5.41) is -0.418. The smallest absolute Gasteiger partial charge is 0.298 e. The Morgan fingerprint density at radius 2 is 2.00 bits per heavy atom. The van der Waals surface area contributed by atoms with Crippen LogP contribution < -0.4 is 0 Å². The van der Waals surface area contributed by atoms with Crippen LogP contribution in [0.4, 0.5) is 13.2 Å². The molecular weight excluding hydrogens is 235 g/mol. The first kappa shape index (κ1) is 12.0. The summed E-state index contributed by atoms with van der Waals surface area (Å²) in [5.41, 5.74) is 0.0283. The van der Waals surface area contributed by atoms with E-state index in [1.54, 1.807) is 0 Å². The van der Waals surface area contributed by atoms with Crippen molar-refractivity contribution in [3.8, 4) is 0 Å². The maximum atomic E-state index is 12.1. The zero-order chi connectivity index (χ0) is 11.6. The second-order valence-electron chi connectivity index (χ2n) is 3.03. The van der Waals surface area contributed by atoms with Gasteiger partial charge in [-0.2, -0.15) is 13.2 Å². The van der Waals surface area contributed by atoms with Crippen molar-refractivity contribution in [3.05, 3.63) is 10.7 Å². The van der Waals surface area contributed by atoms with E-state index < -0.39 is 23.8 Å². The first-order valence-corrected chi connectivity index (χ1v) is 4.44.